The SMILES string of the molecule is CC(C1CC1)N(C)c1ccc(C(=O)O)nc1. The molecular weight excluding hydrogens is 204 g/mol. The van der Waals surface area contributed by atoms with Crippen LogP contribution < -0.4 is 4.90 Å². The van der Waals surface area contributed by atoms with Crippen LogP contribution in [-0.4, -0.2) is 29.1 Å². The number of aromatic carboxylic acids is 1. The van der Waals surface area contributed by atoms with Crippen molar-refractivity contribution in [2.75, 3.05) is 11.9 Å². The quantitative estimate of drug-likeness (QED) is 0.843. The van der Waals surface area contributed by atoms with Crippen molar-refractivity contribution in [2.45, 2.75) is 25.8 Å². The molecule has 86 valence electrons. The minimum absolute atomic E-state index is 0.0937. The fraction of sp³-hybridized carbons (Fsp3) is 0.500. The lowest BCUT2D eigenvalue weighted by atomic mass is 10.2. The molecular formula is C12H16N2O2. The minimum atomic E-state index is -0.982. The summed E-state index contributed by atoms with van der Waals surface area (Å²) < 4.78 is 0. The van der Waals surface area contributed by atoms with E-state index in [9.17, 15) is 4.79 Å². The summed E-state index contributed by atoms with van der Waals surface area (Å²) >= 11 is 0. The zero-order valence-corrected chi connectivity index (χ0v) is 9.55. The van der Waals surface area contributed by atoms with Gasteiger partial charge in [-0.2, -0.15) is 0 Å². The van der Waals surface area contributed by atoms with Crippen molar-refractivity contribution in [3.05, 3.63) is 24.0 Å². The molecule has 16 heavy (non-hydrogen) atoms. The van der Waals surface area contributed by atoms with Crippen LogP contribution in [0.4, 0.5) is 5.69 Å². The van der Waals surface area contributed by atoms with Crippen molar-refractivity contribution in [2.24, 2.45) is 5.92 Å². The first-order chi connectivity index (χ1) is 7.59. The zero-order chi connectivity index (χ0) is 11.7. The van der Waals surface area contributed by atoms with Gasteiger partial charge in [-0.3, -0.25) is 0 Å². The van der Waals surface area contributed by atoms with Gasteiger partial charge in [-0.15, -0.1) is 0 Å². The molecule has 0 bridgehead atoms. The van der Waals surface area contributed by atoms with Gasteiger partial charge in [0.25, 0.3) is 0 Å². The Morgan fingerprint density at radius 2 is 2.25 bits per heavy atom. The Bertz CT molecular complexity index is 385. The number of hydrogen-bond donors (Lipinski definition) is 1. The molecule has 1 heterocycles. The fourth-order valence-electron chi connectivity index (χ4n) is 1.85. The van der Waals surface area contributed by atoms with Crippen LogP contribution in [-0.2, 0) is 0 Å². The third-order valence-electron chi connectivity index (χ3n) is 3.29. The summed E-state index contributed by atoms with van der Waals surface area (Å²) in [5.41, 5.74) is 1.07. The fourth-order valence-corrected chi connectivity index (χ4v) is 1.85. The van der Waals surface area contributed by atoms with Gasteiger partial charge in [-0.05, 0) is 37.8 Å². The number of hydrogen-bond acceptors (Lipinski definition) is 3. The summed E-state index contributed by atoms with van der Waals surface area (Å²) in [6.45, 7) is 2.20. The Hall–Kier alpha value is -1.58. The second kappa shape index (κ2) is 4.12. The van der Waals surface area contributed by atoms with Gasteiger partial charge in [0.1, 0.15) is 5.69 Å². The van der Waals surface area contributed by atoms with Gasteiger partial charge < -0.3 is 10.0 Å². The van der Waals surface area contributed by atoms with Gasteiger partial charge in [0.05, 0.1) is 11.9 Å². The van der Waals surface area contributed by atoms with E-state index in [0.29, 0.717) is 6.04 Å². The average Bonchev–Trinajstić information content (AvgIpc) is 3.11. The zero-order valence-electron chi connectivity index (χ0n) is 9.55. The molecule has 1 aromatic rings. The number of nitrogens with zero attached hydrogens (tertiary/aromatic N) is 2. The van der Waals surface area contributed by atoms with E-state index in [-0.39, 0.29) is 5.69 Å². The second-order valence-corrected chi connectivity index (χ2v) is 4.40. The van der Waals surface area contributed by atoms with E-state index in [1.165, 1.54) is 12.8 Å². The van der Waals surface area contributed by atoms with Gasteiger partial charge >= 0.3 is 5.97 Å². The molecule has 0 aliphatic heterocycles. The maximum Gasteiger partial charge on any atom is 0.354 e. The van der Waals surface area contributed by atoms with Gasteiger partial charge in [-0.25, -0.2) is 9.78 Å². The smallest absolute Gasteiger partial charge is 0.354 e. The molecule has 1 aliphatic rings. The molecule has 1 N–H and O–H groups in total. The predicted molar refractivity (Wildman–Crippen MR) is 61.8 cm³/mol. The third kappa shape index (κ3) is 2.15. The monoisotopic (exact) mass is 220 g/mol. The lowest BCUT2D eigenvalue weighted by molar-refractivity contribution is 0.0690. The summed E-state index contributed by atoms with van der Waals surface area (Å²) in [5.74, 6) is -0.200. The number of carboxylic acids is 1. The van der Waals surface area contributed by atoms with Crippen LogP contribution >= 0.6 is 0 Å². The molecule has 1 saturated carbocycles. The van der Waals surface area contributed by atoms with E-state index in [1.54, 1.807) is 12.3 Å². The van der Waals surface area contributed by atoms with Crippen molar-refractivity contribution in [3.8, 4) is 0 Å². The van der Waals surface area contributed by atoms with E-state index in [0.717, 1.165) is 11.6 Å². The molecule has 2 rings (SSSR count). The van der Waals surface area contributed by atoms with Crippen LogP contribution in [0, 0.1) is 5.92 Å². The Balaban J connectivity index is 2.11. The molecule has 4 heteroatoms. The first-order valence-corrected chi connectivity index (χ1v) is 5.52. The van der Waals surface area contributed by atoms with Gasteiger partial charge in [0.2, 0.25) is 0 Å². The lowest BCUT2D eigenvalue weighted by Gasteiger charge is -2.26. The minimum Gasteiger partial charge on any atom is -0.477 e. The molecule has 0 spiro atoms. The number of carboxylic acid groups (broad SMARTS) is 1. The Kier molecular flexibility index (Phi) is 2.81. The largest absolute Gasteiger partial charge is 0.477 e. The Morgan fingerprint density at radius 3 is 2.69 bits per heavy atom. The van der Waals surface area contributed by atoms with E-state index in [4.69, 9.17) is 5.11 Å². The molecule has 1 aromatic heterocycles. The van der Waals surface area contributed by atoms with Crippen LogP contribution in [0.15, 0.2) is 18.3 Å². The highest BCUT2D eigenvalue weighted by atomic mass is 16.4. The van der Waals surface area contributed by atoms with E-state index in [2.05, 4.69) is 16.8 Å². The Labute approximate surface area is 94.9 Å². The van der Waals surface area contributed by atoms with Gasteiger partial charge in [-0.1, -0.05) is 0 Å². The highest BCUT2D eigenvalue weighted by Gasteiger charge is 2.30. The van der Waals surface area contributed by atoms with Crippen LogP contribution in [0.5, 0.6) is 0 Å². The van der Waals surface area contributed by atoms with E-state index >= 15 is 0 Å². The van der Waals surface area contributed by atoms with Crippen LogP contribution in [0.2, 0.25) is 0 Å². The standard InChI is InChI=1S/C12H16N2O2/c1-8(9-3-4-9)14(2)10-5-6-11(12(15)16)13-7-10/h5-9H,3-4H2,1-2H3,(H,15,16). The molecule has 1 atom stereocenters. The normalized spacial score (nSPS) is 16.9. The average molecular weight is 220 g/mol. The second-order valence-electron chi connectivity index (χ2n) is 4.40. The van der Waals surface area contributed by atoms with Crippen LogP contribution in [0.1, 0.15) is 30.3 Å². The van der Waals surface area contributed by atoms with Gasteiger partial charge in [0, 0.05) is 13.1 Å². The summed E-state index contributed by atoms with van der Waals surface area (Å²) in [4.78, 5) is 16.7. The highest BCUT2D eigenvalue weighted by molar-refractivity contribution is 5.85. The third-order valence-corrected chi connectivity index (χ3v) is 3.29. The number of pyridine rings is 1. The topological polar surface area (TPSA) is 53.4 Å². The Morgan fingerprint density at radius 1 is 1.56 bits per heavy atom. The maximum absolute atomic E-state index is 10.7. The van der Waals surface area contributed by atoms with Crippen molar-refractivity contribution < 1.29 is 9.90 Å². The number of anilines is 1. The molecule has 0 amide bonds. The predicted octanol–water partition coefficient (Wildman–Crippen LogP) is 2.01. The molecule has 1 fully saturated rings. The van der Waals surface area contributed by atoms with Crippen molar-refractivity contribution in [1.82, 2.24) is 4.98 Å². The number of aromatic nitrogens is 1. The molecule has 0 saturated heterocycles. The maximum atomic E-state index is 10.7. The molecule has 0 aromatic carbocycles. The molecule has 0 radical (unpaired) electrons. The summed E-state index contributed by atoms with van der Waals surface area (Å²) in [6, 6.07) is 3.86. The summed E-state index contributed by atoms with van der Waals surface area (Å²) in [6.07, 6.45) is 4.22. The van der Waals surface area contributed by atoms with Crippen molar-refractivity contribution >= 4 is 11.7 Å². The van der Waals surface area contributed by atoms with E-state index in [1.807, 2.05) is 13.1 Å². The lowest BCUT2D eigenvalue weighted by Crippen LogP contribution is -2.30. The van der Waals surface area contributed by atoms with Crippen LogP contribution in [0.3, 0.4) is 0 Å². The van der Waals surface area contributed by atoms with Gasteiger partial charge in [0.15, 0.2) is 0 Å². The molecule has 4 nitrogen and oxygen atoms in total. The van der Waals surface area contributed by atoms with Crippen molar-refractivity contribution in [3.63, 3.8) is 0 Å². The van der Waals surface area contributed by atoms with Crippen LogP contribution in [0.25, 0.3) is 0 Å². The van der Waals surface area contributed by atoms with Crippen molar-refractivity contribution in [1.29, 1.82) is 0 Å². The van der Waals surface area contributed by atoms with E-state index < -0.39 is 5.97 Å². The summed E-state index contributed by atoms with van der Waals surface area (Å²) in [7, 11) is 2.03. The first kappa shape index (κ1) is 10.9. The highest BCUT2D eigenvalue weighted by Crippen LogP contribution is 2.36. The molecule has 1 unspecified atom stereocenters. The number of carbonyl (C=O) groups is 1. The molecule has 1 aliphatic carbocycles. The first-order valence-electron chi connectivity index (χ1n) is 5.52. The summed E-state index contributed by atoms with van der Waals surface area (Å²) in [5, 5.41) is 8.75. The number of rotatable bonds is 4.